The lowest BCUT2D eigenvalue weighted by molar-refractivity contribution is -0.118. The number of hydrogen-bond acceptors (Lipinski definition) is 3. The molecule has 0 aliphatic carbocycles. The summed E-state index contributed by atoms with van der Waals surface area (Å²) in [4.78, 5) is 6.54. The number of aryl methyl sites for hydroxylation is 1. The molecule has 3 aliphatic heterocycles. The van der Waals surface area contributed by atoms with Gasteiger partial charge in [-0.25, -0.2) is 0 Å². The van der Waals surface area contributed by atoms with Gasteiger partial charge >= 0.3 is 0 Å². The van der Waals surface area contributed by atoms with Gasteiger partial charge in [-0.3, -0.25) is 4.98 Å². The number of rotatable bonds is 1. The number of pyridine rings is 1. The molecule has 3 heteroatoms. The average Bonchev–Trinajstić information content (AvgIpc) is 2.30. The molecular weight excluding hydrogens is 200 g/mol. The van der Waals surface area contributed by atoms with Crippen LogP contribution in [-0.2, 0) is 5.60 Å². The highest BCUT2D eigenvalue weighted by molar-refractivity contribution is 5.30. The number of piperidine rings is 3. The zero-order valence-corrected chi connectivity index (χ0v) is 9.69. The van der Waals surface area contributed by atoms with Crippen molar-refractivity contribution in [3.05, 3.63) is 29.6 Å². The highest BCUT2D eigenvalue weighted by Gasteiger charge is 2.47. The van der Waals surface area contributed by atoms with Gasteiger partial charge in [0.2, 0.25) is 0 Å². The standard InChI is InChI=1S/C13H18N2O/c1-10-2-5-14-8-12(10)13(16)9-15-6-3-11(13)4-7-15/h2,5,8,11,16H,3-4,6-7,9H2,1H3. The fourth-order valence-electron chi connectivity index (χ4n) is 3.26. The molecule has 1 N–H and O–H groups in total. The van der Waals surface area contributed by atoms with E-state index in [1.165, 1.54) is 0 Å². The van der Waals surface area contributed by atoms with E-state index in [0.29, 0.717) is 5.92 Å². The molecule has 0 amide bonds. The van der Waals surface area contributed by atoms with Crippen molar-refractivity contribution in [3.63, 3.8) is 0 Å². The first-order valence-electron chi connectivity index (χ1n) is 6.06. The second-order valence-electron chi connectivity index (χ2n) is 5.17. The zero-order chi connectivity index (χ0) is 11.2. The molecule has 1 unspecified atom stereocenters. The van der Waals surface area contributed by atoms with Crippen LogP contribution in [0.25, 0.3) is 0 Å². The summed E-state index contributed by atoms with van der Waals surface area (Å²) >= 11 is 0. The van der Waals surface area contributed by atoms with Crippen LogP contribution in [-0.4, -0.2) is 34.6 Å². The van der Waals surface area contributed by atoms with Gasteiger partial charge in [-0.2, -0.15) is 0 Å². The van der Waals surface area contributed by atoms with Crippen LogP contribution in [0.4, 0.5) is 0 Å². The lowest BCUT2D eigenvalue weighted by Crippen LogP contribution is -2.57. The minimum Gasteiger partial charge on any atom is -0.383 e. The third-order valence-corrected chi connectivity index (χ3v) is 4.23. The molecule has 0 spiro atoms. The van der Waals surface area contributed by atoms with Gasteiger partial charge in [0.05, 0.1) is 0 Å². The van der Waals surface area contributed by atoms with Gasteiger partial charge in [-0.1, -0.05) is 0 Å². The van der Waals surface area contributed by atoms with Crippen molar-refractivity contribution in [3.8, 4) is 0 Å². The summed E-state index contributed by atoms with van der Waals surface area (Å²) in [7, 11) is 0. The molecule has 1 aromatic heterocycles. The molecule has 4 heterocycles. The quantitative estimate of drug-likeness (QED) is 0.772. The fourth-order valence-corrected chi connectivity index (χ4v) is 3.26. The zero-order valence-electron chi connectivity index (χ0n) is 9.69. The lowest BCUT2D eigenvalue weighted by Gasteiger charge is -2.50. The van der Waals surface area contributed by atoms with Gasteiger partial charge in [0.25, 0.3) is 0 Å². The Morgan fingerprint density at radius 2 is 2.19 bits per heavy atom. The van der Waals surface area contributed by atoms with Crippen molar-refractivity contribution in [2.45, 2.75) is 25.4 Å². The molecule has 4 rings (SSSR count). The number of aliphatic hydroxyl groups is 1. The SMILES string of the molecule is Cc1ccncc1C1(O)CN2CCC1CC2. The largest absolute Gasteiger partial charge is 0.383 e. The summed E-state index contributed by atoms with van der Waals surface area (Å²) < 4.78 is 0. The van der Waals surface area contributed by atoms with E-state index >= 15 is 0 Å². The second-order valence-corrected chi connectivity index (χ2v) is 5.17. The first-order chi connectivity index (χ1) is 7.70. The van der Waals surface area contributed by atoms with Crippen LogP contribution in [0.2, 0.25) is 0 Å². The van der Waals surface area contributed by atoms with Gasteiger partial charge < -0.3 is 10.0 Å². The van der Waals surface area contributed by atoms with Crippen molar-refractivity contribution >= 4 is 0 Å². The Morgan fingerprint density at radius 3 is 2.75 bits per heavy atom. The van der Waals surface area contributed by atoms with Crippen molar-refractivity contribution in [1.29, 1.82) is 0 Å². The first-order valence-corrected chi connectivity index (χ1v) is 6.06. The van der Waals surface area contributed by atoms with Crippen molar-refractivity contribution in [1.82, 2.24) is 9.88 Å². The van der Waals surface area contributed by atoms with Gasteiger partial charge in [0, 0.05) is 24.5 Å². The molecule has 16 heavy (non-hydrogen) atoms. The molecule has 3 fully saturated rings. The third-order valence-electron chi connectivity index (χ3n) is 4.23. The van der Waals surface area contributed by atoms with Crippen molar-refractivity contribution in [2.24, 2.45) is 5.92 Å². The molecule has 0 radical (unpaired) electrons. The van der Waals surface area contributed by atoms with Crippen LogP contribution < -0.4 is 0 Å². The monoisotopic (exact) mass is 218 g/mol. The predicted molar refractivity (Wildman–Crippen MR) is 62.0 cm³/mol. The van der Waals surface area contributed by atoms with Crippen LogP contribution in [0.1, 0.15) is 24.0 Å². The Bertz CT molecular complexity index is 399. The molecule has 2 bridgehead atoms. The summed E-state index contributed by atoms with van der Waals surface area (Å²) in [6.45, 7) is 5.13. The van der Waals surface area contributed by atoms with Gasteiger partial charge in [0.1, 0.15) is 5.60 Å². The van der Waals surface area contributed by atoms with Crippen molar-refractivity contribution in [2.75, 3.05) is 19.6 Å². The highest BCUT2D eigenvalue weighted by Crippen LogP contribution is 2.42. The number of hydrogen-bond donors (Lipinski definition) is 1. The topological polar surface area (TPSA) is 36.4 Å². The maximum atomic E-state index is 10.9. The Kier molecular flexibility index (Phi) is 2.26. The summed E-state index contributed by atoms with van der Waals surface area (Å²) in [6.07, 6.45) is 5.87. The van der Waals surface area contributed by atoms with E-state index < -0.39 is 5.60 Å². The molecule has 1 aromatic rings. The minimum absolute atomic E-state index is 0.417. The maximum absolute atomic E-state index is 10.9. The smallest absolute Gasteiger partial charge is 0.107 e. The van der Waals surface area contributed by atoms with E-state index in [9.17, 15) is 5.11 Å². The molecule has 0 aromatic carbocycles. The summed E-state index contributed by atoms with van der Waals surface area (Å²) in [6, 6.07) is 1.99. The molecule has 1 atom stereocenters. The molecular formula is C13H18N2O. The number of nitrogens with zero attached hydrogens (tertiary/aromatic N) is 2. The van der Waals surface area contributed by atoms with E-state index in [1.807, 2.05) is 12.3 Å². The van der Waals surface area contributed by atoms with E-state index in [2.05, 4.69) is 16.8 Å². The van der Waals surface area contributed by atoms with Crippen LogP contribution in [0, 0.1) is 12.8 Å². The molecule has 0 saturated carbocycles. The van der Waals surface area contributed by atoms with Gasteiger partial charge in [0.15, 0.2) is 0 Å². The summed E-state index contributed by atoms with van der Waals surface area (Å²) in [5.74, 6) is 0.417. The van der Waals surface area contributed by atoms with Gasteiger partial charge in [-0.15, -0.1) is 0 Å². The Hall–Kier alpha value is -0.930. The van der Waals surface area contributed by atoms with Crippen molar-refractivity contribution < 1.29 is 5.11 Å². The third kappa shape index (κ3) is 1.39. The normalized spacial score (nSPS) is 37.6. The van der Waals surface area contributed by atoms with E-state index in [4.69, 9.17) is 0 Å². The van der Waals surface area contributed by atoms with Crippen LogP contribution in [0.15, 0.2) is 18.5 Å². The lowest BCUT2D eigenvalue weighted by atomic mass is 9.71. The van der Waals surface area contributed by atoms with Crippen LogP contribution >= 0.6 is 0 Å². The maximum Gasteiger partial charge on any atom is 0.107 e. The summed E-state index contributed by atoms with van der Waals surface area (Å²) in [5, 5.41) is 10.9. The predicted octanol–water partition coefficient (Wildman–Crippen LogP) is 1.30. The van der Waals surface area contributed by atoms with E-state index in [-0.39, 0.29) is 0 Å². The average molecular weight is 218 g/mol. The Morgan fingerprint density at radius 1 is 1.44 bits per heavy atom. The summed E-state index contributed by atoms with van der Waals surface area (Å²) in [5.41, 5.74) is 1.53. The highest BCUT2D eigenvalue weighted by atomic mass is 16.3. The minimum atomic E-state index is -0.658. The molecule has 3 aliphatic rings. The van der Waals surface area contributed by atoms with E-state index in [1.54, 1.807) is 6.20 Å². The Labute approximate surface area is 96.1 Å². The van der Waals surface area contributed by atoms with Crippen LogP contribution in [0.5, 0.6) is 0 Å². The fraction of sp³-hybridized carbons (Fsp3) is 0.615. The molecule has 3 saturated heterocycles. The molecule has 86 valence electrons. The number of fused-ring (bicyclic) bond motifs is 3. The second kappa shape index (κ2) is 3.54. The van der Waals surface area contributed by atoms with Gasteiger partial charge in [-0.05, 0) is 50.4 Å². The van der Waals surface area contributed by atoms with Crippen LogP contribution in [0.3, 0.4) is 0 Å². The number of aromatic nitrogens is 1. The Balaban J connectivity index is 2.02. The molecule has 3 nitrogen and oxygen atoms in total. The van der Waals surface area contributed by atoms with E-state index in [0.717, 1.165) is 43.6 Å². The first kappa shape index (κ1) is 10.2.